The van der Waals surface area contributed by atoms with Gasteiger partial charge in [-0.2, -0.15) is 0 Å². The monoisotopic (exact) mass is 682 g/mol. The molecule has 2 aromatic carbocycles. The number of rotatable bonds is 27. The van der Waals surface area contributed by atoms with E-state index in [9.17, 15) is 0 Å². The van der Waals surface area contributed by atoms with E-state index in [0.29, 0.717) is 0 Å². The molecular formula is C44H68N2Ni. The van der Waals surface area contributed by atoms with Gasteiger partial charge in [0.15, 0.2) is 0 Å². The van der Waals surface area contributed by atoms with Gasteiger partial charge in [-0.05, 0) is 93.3 Å². The Morgan fingerprint density at radius 2 is 1.11 bits per heavy atom. The third-order valence-electron chi connectivity index (χ3n) is 8.75. The fourth-order valence-electron chi connectivity index (χ4n) is 6.07. The minimum Gasteiger partial charge on any atom is -0.255 e. The maximum atomic E-state index is 5.12. The Hall–Kier alpha value is -2.25. The molecule has 0 saturated heterocycles. The number of allylic oxidation sites excluding steroid dienone is 4. The quantitative estimate of drug-likeness (QED) is 0.0388. The SMILES string of the molecule is CCC/C=C/CCCc1ccccc1/N=C(/C=C/CCCCCCCCCCCCCCCCCC)\C=N\c1cc(C)cc(C)c1.[Ni]. The Bertz CT molecular complexity index is 1140. The Balaban J connectivity index is 0.0000110. The Morgan fingerprint density at radius 3 is 1.70 bits per heavy atom. The summed E-state index contributed by atoms with van der Waals surface area (Å²) >= 11 is 0. The minimum absolute atomic E-state index is 0. The van der Waals surface area contributed by atoms with Crippen LogP contribution in [0.3, 0.4) is 0 Å². The molecule has 0 aliphatic rings. The van der Waals surface area contributed by atoms with E-state index >= 15 is 0 Å². The van der Waals surface area contributed by atoms with Crippen molar-refractivity contribution in [2.24, 2.45) is 9.98 Å². The zero-order chi connectivity index (χ0) is 32.9. The molecule has 3 heteroatoms. The first-order valence-corrected chi connectivity index (χ1v) is 19.2. The molecule has 264 valence electrons. The van der Waals surface area contributed by atoms with E-state index in [1.54, 1.807) is 0 Å². The maximum absolute atomic E-state index is 5.12. The zero-order valence-corrected chi connectivity index (χ0v) is 31.7. The zero-order valence-electron chi connectivity index (χ0n) is 30.7. The van der Waals surface area contributed by atoms with Crippen LogP contribution in [0, 0.1) is 13.8 Å². The number of hydrogen-bond donors (Lipinski definition) is 0. The number of aliphatic imine (C=N–C) groups is 2. The van der Waals surface area contributed by atoms with Crippen molar-refractivity contribution >= 4 is 23.3 Å². The van der Waals surface area contributed by atoms with Gasteiger partial charge < -0.3 is 0 Å². The minimum atomic E-state index is 0. The molecule has 2 aromatic rings. The molecule has 0 aromatic heterocycles. The van der Waals surface area contributed by atoms with Crippen LogP contribution in [0.25, 0.3) is 0 Å². The molecule has 0 unspecified atom stereocenters. The van der Waals surface area contributed by atoms with E-state index in [1.807, 2.05) is 6.21 Å². The van der Waals surface area contributed by atoms with Crippen LogP contribution in [0.4, 0.5) is 11.4 Å². The average molecular weight is 684 g/mol. The van der Waals surface area contributed by atoms with Gasteiger partial charge in [-0.25, -0.2) is 4.99 Å². The molecule has 0 atom stereocenters. The molecule has 0 heterocycles. The summed E-state index contributed by atoms with van der Waals surface area (Å²) in [7, 11) is 0. The molecule has 0 aliphatic heterocycles. The predicted octanol–water partition coefficient (Wildman–Crippen LogP) is 14.7. The molecule has 2 rings (SSSR count). The van der Waals surface area contributed by atoms with Gasteiger partial charge in [0.1, 0.15) is 0 Å². The molecule has 0 spiro atoms. The summed E-state index contributed by atoms with van der Waals surface area (Å²) in [6.07, 6.45) is 40.4. The number of unbranched alkanes of at least 4 members (excludes halogenated alkanes) is 18. The molecule has 0 saturated carbocycles. The first-order chi connectivity index (χ1) is 22.6. The topological polar surface area (TPSA) is 24.7 Å². The van der Waals surface area contributed by atoms with E-state index in [4.69, 9.17) is 9.98 Å². The second-order valence-electron chi connectivity index (χ2n) is 13.4. The normalized spacial score (nSPS) is 12.1. The first-order valence-electron chi connectivity index (χ1n) is 19.2. The number of aryl methyl sites for hydroxylation is 3. The summed E-state index contributed by atoms with van der Waals surface area (Å²) < 4.78 is 0. The Kier molecular flexibility index (Phi) is 27.2. The molecule has 0 aliphatic carbocycles. The van der Waals surface area contributed by atoms with E-state index in [0.717, 1.165) is 42.8 Å². The fraction of sp³-hybridized carbons (Fsp3) is 0.591. The van der Waals surface area contributed by atoms with Crippen LogP contribution in [0.15, 0.2) is 76.8 Å². The van der Waals surface area contributed by atoms with Crippen LogP contribution < -0.4 is 0 Å². The average Bonchev–Trinajstić information content (AvgIpc) is 3.04. The van der Waals surface area contributed by atoms with Gasteiger partial charge in [0.05, 0.1) is 23.3 Å². The van der Waals surface area contributed by atoms with Crippen molar-refractivity contribution in [2.75, 3.05) is 0 Å². The van der Waals surface area contributed by atoms with Crippen molar-refractivity contribution < 1.29 is 16.5 Å². The Labute approximate surface area is 301 Å². The number of para-hydroxylation sites is 1. The van der Waals surface area contributed by atoms with Gasteiger partial charge in [-0.3, -0.25) is 4.99 Å². The number of benzene rings is 2. The van der Waals surface area contributed by atoms with E-state index in [1.165, 1.54) is 132 Å². The van der Waals surface area contributed by atoms with Crippen LogP contribution in [-0.4, -0.2) is 11.9 Å². The van der Waals surface area contributed by atoms with Crippen molar-refractivity contribution in [3.63, 3.8) is 0 Å². The standard InChI is InChI=1S/C44H68N2.Ni/c1-5-7-9-11-13-14-15-16-17-18-19-20-21-22-23-24-26-28-33-42(38-45-43-36-39(3)35-40(4)37-43)46-44-34-30-29-32-41(44)31-27-25-12-10-8-6-2;/h10,12,28-30,32-38H,5-9,11,13-27,31H2,1-4H3;/b12-10+,33-28+,45-38+,46-42-;. The third kappa shape index (κ3) is 22.9. The van der Waals surface area contributed by atoms with Crippen LogP contribution in [0.5, 0.6) is 0 Å². The molecule has 0 bridgehead atoms. The van der Waals surface area contributed by atoms with Crippen molar-refractivity contribution in [2.45, 2.75) is 169 Å². The molecule has 0 N–H and O–H groups in total. The van der Waals surface area contributed by atoms with Crippen LogP contribution >= 0.6 is 0 Å². The van der Waals surface area contributed by atoms with Gasteiger partial charge >= 0.3 is 0 Å². The Morgan fingerprint density at radius 1 is 0.574 bits per heavy atom. The van der Waals surface area contributed by atoms with Gasteiger partial charge in [-0.1, -0.05) is 159 Å². The summed E-state index contributed by atoms with van der Waals surface area (Å²) in [4.78, 5) is 9.96. The molecule has 0 fully saturated rings. The summed E-state index contributed by atoms with van der Waals surface area (Å²) in [6, 6.07) is 15.1. The van der Waals surface area contributed by atoms with Crippen molar-refractivity contribution in [3.05, 3.63) is 83.5 Å². The molecular weight excluding hydrogens is 615 g/mol. The number of nitrogens with zero attached hydrogens (tertiary/aromatic N) is 2. The first kappa shape index (κ1) is 42.8. The summed E-state index contributed by atoms with van der Waals surface area (Å²) in [5.41, 5.74) is 6.77. The van der Waals surface area contributed by atoms with Gasteiger partial charge in [0, 0.05) is 16.5 Å². The van der Waals surface area contributed by atoms with Gasteiger partial charge in [0.2, 0.25) is 0 Å². The maximum Gasteiger partial charge on any atom is 0.0816 e. The van der Waals surface area contributed by atoms with E-state index in [-0.39, 0.29) is 16.5 Å². The molecule has 2 nitrogen and oxygen atoms in total. The second kappa shape index (κ2) is 29.9. The van der Waals surface area contributed by atoms with E-state index in [2.05, 4.69) is 94.5 Å². The van der Waals surface area contributed by atoms with E-state index < -0.39 is 0 Å². The third-order valence-corrected chi connectivity index (χ3v) is 8.75. The van der Waals surface area contributed by atoms with Gasteiger partial charge in [-0.15, -0.1) is 0 Å². The molecule has 47 heavy (non-hydrogen) atoms. The molecule has 0 radical (unpaired) electrons. The predicted molar refractivity (Wildman–Crippen MR) is 208 cm³/mol. The van der Waals surface area contributed by atoms with Crippen LogP contribution in [0.2, 0.25) is 0 Å². The molecule has 0 amide bonds. The summed E-state index contributed by atoms with van der Waals surface area (Å²) in [6.45, 7) is 8.79. The number of hydrogen-bond acceptors (Lipinski definition) is 2. The smallest absolute Gasteiger partial charge is 0.0816 e. The van der Waals surface area contributed by atoms with Gasteiger partial charge in [0.25, 0.3) is 0 Å². The van der Waals surface area contributed by atoms with Crippen LogP contribution in [0.1, 0.15) is 165 Å². The summed E-state index contributed by atoms with van der Waals surface area (Å²) in [5, 5.41) is 0. The van der Waals surface area contributed by atoms with Crippen molar-refractivity contribution in [1.29, 1.82) is 0 Å². The largest absolute Gasteiger partial charge is 0.255 e. The second-order valence-corrected chi connectivity index (χ2v) is 13.4. The van der Waals surface area contributed by atoms with Crippen molar-refractivity contribution in [3.8, 4) is 0 Å². The fourth-order valence-corrected chi connectivity index (χ4v) is 6.07. The van der Waals surface area contributed by atoms with Crippen LogP contribution in [-0.2, 0) is 22.9 Å². The summed E-state index contributed by atoms with van der Waals surface area (Å²) in [5.74, 6) is 0. The van der Waals surface area contributed by atoms with Crippen molar-refractivity contribution in [1.82, 2.24) is 0 Å².